The number of hydrogen-bond donors (Lipinski definition) is 0. The molecule has 0 N–H and O–H groups in total. The van der Waals surface area contributed by atoms with Crippen molar-refractivity contribution in [1.82, 2.24) is 9.80 Å². The summed E-state index contributed by atoms with van der Waals surface area (Å²) in [5, 5.41) is 0. The van der Waals surface area contributed by atoms with Crippen LogP contribution in [0.15, 0.2) is 18.2 Å². The Kier molecular flexibility index (Phi) is 4.58. The predicted molar refractivity (Wildman–Crippen MR) is 91.2 cm³/mol. The average Bonchev–Trinajstić information content (AvgIpc) is 2.80. The predicted octanol–water partition coefficient (Wildman–Crippen LogP) is 2.99. The van der Waals surface area contributed by atoms with Gasteiger partial charge in [-0.25, -0.2) is 0 Å². The number of benzene rings is 1. The van der Waals surface area contributed by atoms with E-state index in [1.54, 1.807) is 0 Å². The summed E-state index contributed by atoms with van der Waals surface area (Å²) in [5.41, 5.74) is 4.28. The van der Waals surface area contributed by atoms with Crippen LogP contribution in [0.1, 0.15) is 36.0 Å². The molecule has 2 aliphatic heterocycles. The Morgan fingerprint density at radius 3 is 2.64 bits per heavy atom. The normalized spacial score (nSPS) is 29.6. The van der Waals surface area contributed by atoms with E-state index in [0.717, 1.165) is 26.2 Å². The lowest BCUT2D eigenvalue weighted by atomic mass is 9.89. The van der Waals surface area contributed by atoms with Gasteiger partial charge in [-0.05, 0) is 52.8 Å². The fraction of sp³-hybridized carbons (Fsp3) is 0.684. The molecule has 2 atom stereocenters. The Morgan fingerprint density at radius 1 is 1.23 bits per heavy atom. The highest BCUT2D eigenvalue weighted by Crippen LogP contribution is 2.36. The second-order valence-corrected chi connectivity index (χ2v) is 7.60. The van der Waals surface area contributed by atoms with Gasteiger partial charge in [0.05, 0.1) is 5.60 Å². The van der Waals surface area contributed by atoms with Gasteiger partial charge in [0, 0.05) is 32.3 Å². The van der Waals surface area contributed by atoms with E-state index < -0.39 is 0 Å². The number of ether oxygens (including phenoxy) is 1. The Bertz CT molecular complexity index is 508. The number of nitrogens with zero attached hydrogens (tertiary/aromatic N) is 2. The Morgan fingerprint density at radius 2 is 1.95 bits per heavy atom. The Balaban J connectivity index is 1.64. The summed E-state index contributed by atoms with van der Waals surface area (Å²) in [5.74, 6) is 0. The molecule has 122 valence electrons. The SMILES string of the molecule is Cc1cc(C)cc(CN2CC[C@@]3(C[C@H](N(C)C)CCO3)C2)c1. The van der Waals surface area contributed by atoms with Gasteiger partial charge >= 0.3 is 0 Å². The van der Waals surface area contributed by atoms with E-state index in [4.69, 9.17) is 4.74 Å². The smallest absolute Gasteiger partial charge is 0.0835 e. The van der Waals surface area contributed by atoms with E-state index >= 15 is 0 Å². The first-order valence-corrected chi connectivity index (χ1v) is 8.56. The zero-order valence-electron chi connectivity index (χ0n) is 14.6. The molecule has 0 bridgehead atoms. The molecule has 0 radical (unpaired) electrons. The summed E-state index contributed by atoms with van der Waals surface area (Å²) in [6, 6.07) is 7.57. The Hall–Kier alpha value is -0.900. The molecule has 1 spiro atoms. The largest absolute Gasteiger partial charge is 0.373 e. The minimum absolute atomic E-state index is 0.103. The van der Waals surface area contributed by atoms with Gasteiger partial charge in [-0.1, -0.05) is 29.3 Å². The number of hydrogen-bond acceptors (Lipinski definition) is 3. The minimum atomic E-state index is 0.103. The van der Waals surface area contributed by atoms with Gasteiger partial charge in [-0.2, -0.15) is 0 Å². The van der Waals surface area contributed by atoms with E-state index in [9.17, 15) is 0 Å². The van der Waals surface area contributed by atoms with Crippen molar-refractivity contribution in [2.24, 2.45) is 0 Å². The molecule has 0 amide bonds. The number of likely N-dealkylation sites (tertiary alicyclic amines) is 1. The van der Waals surface area contributed by atoms with Crippen LogP contribution in [0, 0.1) is 13.8 Å². The van der Waals surface area contributed by atoms with Crippen LogP contribution in [-0.2, 0) is 11.3 Å². The molecule has 0 unspecified atom stereocenters. The van der Waals surface area contributed by atoms with Crippen molar-refractivity contribution >= 4 is 0 Å². The van der Waals surface area contributed by atoms with Gasteiger partial charge in [0.15, 0.2) is 0 Å². The molecule has 0 saturated carbocycles. The molecule has 3 nitrogen and oxygen atoms in total. The molecule has 2 fully saturated rings. The van der Waals surface area contributed by atoms with Gasteiger partial charge in [-0.3, -0.25) is 4.90 Å². The fourth-order valence-corrected chi connectivity index (χ4v) is 4.21. The molecule has 22 heavy (non-hydrogen) atoms. The third-order valence-corrected chi connectivity index (χ3v) is 5.28. The first-order valence-electron chi connectivity index (χ1n) is 8.56. The maximum atomic E-state index is 6.25. The third-order valence-electron chi connectivity index (χ3n) is 5.28. The van der Waals surface area contributed by atoms with Crippen molar-refractivity contribution in [3.63, 3.8) is 0 Å². The van der Waals surface area contributed by atoms with Crippen LogP contribution in [0.4, 0.5) is 0 Å². The number of rotatable bonds is 3. The van der Waals surface area contributed by atoms with Crippen molar-refractivity contribution in [3.8, 4) is 0 Å². The van der Waals surface area contributed by atoms with Crippen LogP contribution in [0.3, 0.4) is 0 Å². The fourth-order valence-electron chi connectivity index (χ4n) is 4.21. The lowest BCUT2D eigenvalue weighted by Gasteiger charge is -2.40. The van der Waals surface area contributed by atoms with Crippen molar-refractivity contribution in [3.05, 3.63) is 34.9 Å². The van der Waals surface area contributed by atoms with Gasteiger partial charge in [-0.15, -0.1) is 0 Å². The highest BCUT2D eigenvalue weighted by atomic mass is 16.5. The van der Waals surface area contributed by atoms with Crippen LogP contribution >= 0.6 is 0 Å². The van der Waals surface area contributed by atoms with Crippen molar-refractivity contribution < 1.29 is 4.74 Å². The highest BCUT2D eigenvalue weighted by Gasteiger charge is 2.43. The van der Waals surface area contributed by atoms with E-state index in [-0.39, 0.29) is 5.60 Å². The van der Waals surface area contributed by atoms with E-state index in [1.165, 1.54) is 36.0 Å². The van der Waals surface area contributed by atoms with E-state index in [1.807, 2.05) is 0 Å². The lowest BCUT2D eigenvalue weighted by Crippen LogP contribution is -2.48. The van der Waals surface area contributed by atoms with Crippen LogP contribution in [0.25, 0.3) is 0 Å². The maximum Gasteiger partial charge on any atom is 0.0835 e. The molecule has 0 aromatic heterocycles. The molecule has 0 aliphatic carbocycles. The molecule has 2 heterocycles. The summed E-state index contributed by atoms with van der Waals surface area (Å²) in [4.78, 5) is 4.95. The van der Waals surface area contributed by atoms with E-state index in [0.29, 0.717) is 6.04 Å². The molecular weight excluding hydrogens is 272 g/mol. The zero-order valence-corrected chi connectivity index (χ0v) is 14.6. The maximum absolute atomic E-state index is 6.25. The van der Waals surface area contributed by atoms with Gasteiger partial charge in [0.2, 0.25) is 0 Å². The van der Waals surface area contributed by atoms with Crippen molar-refractivity contribution in [2.75, 3.05) is 33.8 Å². The first kappa shape index (κ1) is 16.0. The van der Waals surface area contributed by atoms with Crippen LogP contribution in [0.2, 0.25) is 0 Å². The molecule has 3 rings (SSSR count). The highest BCUT2D eigenvalue weighted by molar-refractivity contribution is 5.28. The second kappa shape index (κ2) is 6.31. The van der Waals surface area contributed by atoms with Crippen molar-refractivity contribution in [1.29, 1.82) is 0 Å². The first-order chi connectivity index (χ1) is 10.5. The molecule has 2 aliphatic rings. The monoisotopic (exact) mass is 302 g/mol. The van der Waals surface area contributed by atoms with Gasteiger partial charge in [0.25, 0.3) is 0 Å². The molecule has 1 aromatic carbocycles. The second-order valence-electron chi connectivity index (χ2n) is 7.60. The summed E-state index contributed by atoms with van der Waals surface area (Å²) in [6.45, 7) is 8.60. The average molecular weight is 302 g/mol. The standard InChI is InChI=1S/C19H30N2O/c1-15-9-16(2)11-17(10-15)13-21-7-6-19(14-21)12-18(20(3)4)5-8-22-19/h9-11,18H,5-8,12-14H2,1-4H3/t18-,19-/m1/s1. The number of aryl methyl sites for hydroxylation is 2. The summed E-state index contributed by atoms with van der Waals surface area (Å²) >= 11 is 0. The third kappa shape index (κ3) is 3.53. The minimum Gasteiger partial charge on any atom is -0.373 e. The summed E-state index contributed by atoms with van der Waals surface area (Å²) in [7, 11) is 4.40. The summed E-state index contributed by atoms with van der Waals surface area (Å²) < 4.78 is 6.25. The van der Waals surface area contributed by atoms with Crippen LogP contribution in [0.5, 0.6) is 0 Å². The van der Waals surface area contributed by atoms with Crippen molar-refractivity contribution in [2.45, 2.75) is 51.3 Å². The van der Waals surface area contributed by atoms with Crippen LogP contribution in [-0.4, -0.2) is 55.2 Å². The topological polar surface area (TPSA) is 15.7 Å². The van der Waals surface area contributed by atoms with Crippen LogP contribution < -0.4 is 0 Å². The lowest BCUT2D eigenvalue weighted by molar-refractivity contribution is -0.0932. The molecule has 2 saturated heterocycles. The summed E-state index contributed by atoms with van der Waals surface area (Å²) in [6.07, 6.45) is 3.54. The molecule has 1 aromatic rings. The molecule has 3 heteroatoms. The van der Waals surface area contributed by atoms with Gasteiger partial charge in [0.1, 0.15) is 0 Å². The zero-order chi connectivity index (χ0) is 15.7. The molecular formula is C19H30N2O. The van der Waals surface area contributed by atoms with Gasteiger partial charge < -0.3 is 9.64 Å². The van der Waals surface area contributed by atoms with E-state index in [2.05, 4.69) is 55.9 Å². The quantitative estimate of drug-likeness (QED) is 0.854. The Labute approximate surface area is 135 Å².